The molecule has 0 aliphatic heterocycles. The lowest BCUT2D eigenvalue weighted by Crippen LogP contribution is -2.09. The summed E-state index contributed by atoms with van der Waals surface area (Å²) in [7, 11) is 2.98. The van der Waals surface area contributed by atoms with Crippen molar-refractivity contribution in [1.82, 2.24) is 0 Å². The van der Waals surface area contributed by atoms with Crippen molar-refractivity contribution in [2.24, 2.45) is 0 Å². The van der Waals surface area contributed by atoms with Crippen LogP contribution in [0, 0.1) is 10.1 Å². The number of amides is 1. The van der Waals surface area contributed by atoms with E-state index >= 15 is 0 Å². The van der Waals surface area contributed by atoms with Gasteiger partial charge in [-0.2, -0.15) is 0 Å². The Hall–Kier alpha value is -2.87. The molecule has 0 bridgehead atoms. The number of carbonyl (C=O) groups excluding carboxylic acids is 1. The third kappa shape index (κ3) is 4.80. The molecule has 0 atom stereocenters. The molecule has 0 radical (unpaired) electrons. The zero-order chi connectivity index (χ0) is 18.4. The number of ether oxygens (including phenoxy) is 2. The van der Waals surface area contributed by atoms with Gasteiger partial charge in [-0.05, 0) is 45.8 Å². The number of nitro groups is 1. The largest absolute Gasteiger partial charge is 0.496 e. The number of hydrogen-bond donors (Lipinski definition) is 1. The van der Waals surface area contributed by atoms with Crippen molar-refractivity contribution in [2.45, 2.75) is 0 Å². The predicted molar refractivity (Wildman–Crippen MR) is 98.0 cm³/mol. The molecule has 0 saturated heterocycles. The number of rotatable bonds is 6. The summed E-state index contributed by atoms with van der Waals surface area (Å²) >= 11 is 3.37. The molecule has 2 rings (SSSR count). The van der Waals surface area contributed by atoms with Crippen LogP contribution < -0.4 is 14.8 Å². The second kappa shape index (κ2) is 8.29. The topological polar surface area (TPSA) is 90.7 Å². The van der Waals surface area contributed by atoms with Crippen LogP contribution in [-0.2, 0) is 4.79 Å². The highest BCUT2D eigenvalue weighted by atomic mass is 79.9. The molecule has 1 amide bonds. The summed E-state index contributed by atoms with van der Waals surface area (Å²) in [5.74, 6) is 0.577. The van der Waals surface area contributed by atoms with Gasteiger partial charge >= 0.3 is 0 Å². The third-order valence-corrected chi connectivity index (χ3v) is 3.87. The molecule has 0 unspecified atom stereocenters. The van der Waals surface area contributed by atoms with E-state index in [2.05, 4.69) is 21.2 Å². The average Bonchev–Trinajstić information content (AvgIpc) is 2.60. The Morgan fingerprint density at radius 2 is 1.84 bits per heavy atom. The maximum absolute atomic E-state index is 12.1. The van der Waals surface area contributed by atoms with Gasteiger partial charge in [-0.15, -0.1) is 0 Å². The highest BCUT2D eigenvalue weighted by Crippen LogP contribution is 2.29. The first-order chi connectivity index (χ1) is 11.9. The van der Waals surface area contributed by atoms with E-state index in [1.807, 2.05) is 0 Å². The van der Waals surface area contributed by atoms with Crippen LogP contribution in [0.25, 0.3) is 6.08 Å². The highest BCUT2D eigenvalue weighted by Gasteiger charge is 2.12. The van der Waals surface area contributed by atoms with Crippen LogP contribution in [0.5, 0.6) is 11.5 Å². The lowest BCUT2D eigenvalue weighted by Gasteiger charge is -2.08. The summed E-state index contributed by atoms with van der Waals surface area (Å²) in [6.45, 7) is 0. The van der Waals surface area contributed by atoms with Crippen molar-refractivity contribution < 1.29 is 19.2 Å². The molecular formula is C17H15BrN2O5. The van der Waals surface area contributed by atoms with Crippen LogP contribution in [0.1, 0.15) is 5.56 Å². The molecule has 8 heteroatoms. The Bertz CT molecular complexity index is 836. The number of nitrogens with one attached hydrogen (secondary N) is 1. The number of halogens is 1. The van der Waals surface area contributed by atoms with Gasteiger partial charge in [-0.1, -0.05) is 6.07 Å². The number of non-ortho nitro benzene ring substituents is 1. The molecule has 25 heavy (non-hydrogen) atoms. The minimum absolute atomic E-state index is 0.140. The van der Waals surface area contributed by atoms with Gasteiger partial charge in [0.1, 0.15) is 11.5 Å². The number of methoxy groups -OCH3 is 2. The predicted octanol–water partition coefficient (Wildman–Crippen LogP) is 4.03. The van der Waals surface area contributed by atoms with Gasteiger partial charge in [0.15, 0.2) is 0 Å². The maximum atomic E-state index is 12.1. The molecular weight excluding hydrogens is 392 g/mol. The Balaban J connectivity index is 2.15. The zero-order valence-corrected chi connectivity index (χ0v) is 15.1. The average molecular weight is 407 g/mol. The van der Waals surface area contributed by atoms with Crippen LogP contribution in [0.2, 0.25) is 0 Å². The van der Waals surface area contributed by atoms with Crippen molar-refractivity contribution in [3.63, 3.8) is 0 Å². The van der Waals surface area contributed by atoms with Crippen LogP contribution in [0.15, 0.2) is 46.9 Å². The molecule has 2 aromatic carbocycles. The molecule has 0 saturated carbocycles. The van der Waals surface area contributed by atoms with E-state index in [0.717, 1.165) is 10.0 Å². The fourth-order valence-corrected chi connectivity index (χ4v) is 2.60. The van der Waals surface area contributed by atoms with Crippen LogP contribution in [-0.4, -0.2) is 25.1 Å². The van der Waals surface area contributed by atoms with Crippen molar-refractivity contribution >= 4 is 39.3 Å². The van der Waals surface area contributed by atoms with Gasteiger partial charge in [0.25, 0.3) is 5.69 Å². The lowest BCUT2D eigenvalue weighted by atomic mass is 10.2. The number of anilines is 1. The van der Waals surface area contributed by atoms with Gasteiger partial charge in [0, 0.05) is 18.2 Å². The fourth-order valence-electron chi connectivity index (χ4n) is 2.04. The highest BCUT2D eigenvalue weighted by molar-refractivity contribution is 9.10. The van der Waals surface area contributed by atoms with Crippen molar-refractivity contribution in [3.8, 4) is 11.5 Å². The second-order valence-electron chi connectivity index (χ2n) is 4.86. The smallest absolute Gasteiger partial charge is 0.271 e. The second-order valence-corrected chi connectivity index (χ2v) is 5.71. The SMILES string of the molecule is COc1ccc(C=CC(=O)Nc2cc([N+](=O)[O-])ccc2OC)cc1Br. The Morgan fingerprint density at radius 3 is 2.44 bits per heavy atom. The summed E-state index contributed by atoms with van der Waals surface area (Å²) in [4.78, 5) is 22.4. The third-order valence-electron chi connectivity index (χ3n) is 3.25. The number of nitrogens with zero attached hydrogens (tertiary/aromatic N) is 1. The summed E-state index contributed by atoms with van der Waals surface area (Å²) in [6.07, 6.45) is 2.94. The lowest BCUT2D eigenvalue weighted by molar-refractivity contribution is -0.384. The molecule has 0 aliphatic carbocycles. The first kappa shape index (κ1) is 18.5. The molecule has 7 nitrogen and oxygen atoms in total. The standard InChI is InChI=1S/C17H15BrN2O5/c1-24-15-6-3-11(9-13(15)18)4-8-17(21)19-14-10-12(20(22)23)5-7-16(14)25-2/h3-10H,1-2H3,(H,19,21). The summed E-state index contributed by atoms with van der Waals surface area (Å²) in [6, 6.07) is 9.34. The molecule has 0 aliphatic rings. The monoisotopic (exact) mass is 406 g/mol. The first-order valence-electron chi connectivity index (χ1n) is 7.09. The zero-order valence-electron chi connectivity index (χ0n) is 13.5. The number of carbonyl (C=O) groups is 1. The van der Waals surface area contributed by atoms with Crippen molar-refractivity contribution in [2.75, 3.05) is 19.5 Å². The van der Waals surface area contributed by atoms with E-state index < -0.39 is 10.8 Å². The van der Waals surface area contributed by atoms with Gasteiger partial charge < -0.3 is 14.8 Å². The van der Waals surface area contributed by atoms with Gasteiger partial charge in [0.05, 0.1) is 29.3 Å². The molecule has 0 spiro atoms. The molecule has 0 heterocycles. The Kier molecular flexibility index (Phi) is 6.13. The molecule has 2 aromatic rings. The number of hydrogen-bond acceptors (Lipinski definition) is 5. The van der Waals surface area contributed by atoms with Crippen LogP contribution in [0.4, 0.5) is 11.4 Å². The van der Waals surface area contributed by atoms with E-state index in [9.17, 15) is 14.9 Å². The van der Waals surface area contributed by atoms with Gasteiger partial charge in [-0.3, -0.25) is 14.9 Å². The number of nitro benzene ring substituents is 1. The van der Waals surface area contributed by atoms with E-state index in [1.54, 1.807) is 31.4 Å². The van der Waals surface area contributed by atoms with Crippen molar-refractivity contribution in [3.05, 3.63) is 62.6 Å². The Labute approximate surface area is 152 Å². The summed E-state index contributed by atoms with van der Waals surface area (Å²) < 4.78 is 11.0. The van der Waals surface area contributed by atoms with E-state index in [-0.39, 0.29) is 11.4 Å². The molecule has 1 N–H and O–H groups in total. The van der Waals surface area contributed by atoms with Gasteiger partial charge in [0.2, 0.25) is 5.91 Å². The normalized spacial score (nSPS) is 10.5. The molecule has 0 aromatic heterocycles. The fraction of sp³-hybridized carbons (Fsp3) is 0.118. The Morgan fingerprint density at radius 1 is 1.16 bits per heavy atom. The number of benzene rings is 2. The van der Waals surface area contributed by atoms with Gasteiger partial charge in [-0.25, -0.2) is 0 Å². The molecule has 130 valence electrons. The summed E-state index contributed by atoms with van der Waals surface area (Å²) in [5.41, 5.74) is 0.871. The summed E-state index contributed by atoms with van der Waals surface area (Å²) in [5, 5.41) is 13.4. The minimum Gasteiger partial charge on any atom is -0.496 e. The maximum Gasteiger partial charge on any atom is 0.271 e. The van der Waals surface area contributed by atoms with E-state index in [1.165, 1.54) is 31.4 Å². The quantitative estimate of drug-likeness (QED) is 0.444. The first-order valence-corrected chi connectivity index (χ1v) is 7.89. The van der Waals surface area contributed by atoms with E-state index in [0.29, 0.717) is 11.5 Å². The van der Waals surface area contributed by atoms with Crippen molar-refractivity contribution in [1.29, 1.82) is 0 Å². The van der Waals surface area contributed by atoms with Crippen LogP contribution >= 0.6 is 15.9 Å². The molecule has 0 fully saturated rings. The minimum atomic E-state index is -0.542. The van der Waals surface area contributed by atoms with E-state index in [4.69, 9.17) is 9.47 Å². The van der Waals surface area contributed by atoms with Crippen LogP contribution in [0.3, 0.4) is 0 Å².